The van der Waals surface area contributed by atoms with E-state index in [0.717, 1.165) is 17.9 Å². The molecule has 11 heavy (non-hydrogen) atoms. The molecule has 1 nitrogen and oxygen atoms in total. The second-order valence-corrected chi connectivity index (χ2v) is 3.04. The van der Waals surface area contributed by atoms with Gasteiger partial charge in [-0.25, -0.2) is 0 Å². The van der Waals surface area contributed by atoms with Crippen LogP contribution in [0.1, 0.15) is 6.42 Å². The molecule has 0 radical (unpaired) electrons. The Balaban J connectivity index is 3.77. The molecule has 0 fully saturated rings. The van der Waals surface area contributed by atoms with Crippen LogP contribution in [0.4, 0.5) is 0 Å². The van der Waals surface area contributed by atoms with Gasteiger partial charge >= 0.3 is 0 Å². The Labute approximate surface area is 73.3 Å². The maximum Gasteiger partial charge on any atom is 0.0353 e. The molecule has 0 bridgehead atoms. The lowest BCUT2D eigenvalue weighted by atomic mass is 10.2. The monoisotopic (exact) mass is 169 g/mol. The summed E-state index contributed by atoms with van der Waals surface area (Å²) in [5.74, 6) is 1.13. The Morgan fingerprint density at radius 3 is 2.82 bits per heavy atom. The quantitative estimate of drug-likeness (QED) is 0.455. The lowest BCUT2D eigenvalue weighted by Crippen LogP contribution is -1.94. The molecule has 0 aromatic carbocycles. The highest BCUT2D eigenvalue weighted by molar-refractivity contribution is 7.98. The van der Waals surface area contributed by atoms with E-state index in [1.165, 1.54) is 0 Å². The zero-order valence-corrected chi connectivity index (χ0v) is 8.03. The Kier molecular flexibility index (Phi) is 7.26. The van der Waals surface area contributed by atoms with Crippen molar-refractivity contribution in [3.63, 3.8) is 0 Å². The van der Waals surface area contributed by atoms with Crippen LogP contribution in [0, 0.1) is 0 Å². The normalized spacial score (nSPS) is 12.4. The van der Waals surface area contributed by atoms with Gasteiger partial charge in [-0.2, -0.15) is 11.8 Å². The van der Waals surface area contributed by atoms with Crippen LogP contribution in [0.5, 0.6) is 0 Å². The molecular formula is C9H15NS. The van der Waals surface area contributed by atoms with Crippen molar-refractivity contribution >= 4 is 17.5 Å². The number of hydrogen-bond acceptors (Lipinski definition) is 2. The van der Waals surface area contributed by atoms with Crippen molar-refractivity contribution in [2.45, 2.75) is 6.42 Å². The van der Waals surface area contributed by atoms with Crippen molar-refractivity contribution in [1.29, 1.82) is 0 Å². The van der Waals surface area contributed by atoms with E-state index in [-0.39, 0.29) is 0 Å². The molecule has 2 heteroatoms. The van der Waals surface area contributed by atoms with Gasteiger partial charge in [-0.1, -0.05) is 18.7 Å². The molecule has 0 spiro atoms. The molecule has 0 rings (SSSR count). The minimum Gasteiger partial charge on any atom is -0.293 e. The Hall–Kier alpha value is -0.500. The van der Waals surface area contributed by atoms with E-state index in [2.05, 4.69) is 17.8 Å². The van der Waals surface area contributed by atoms with Gasteiger partial charge in [0.15, 0.2) is 0 Å². The summed E-state index contributed by atoms with van der Waals surface area (Å²) in [6.45, 7) is 3.60. The summed E-state index contributed by atoms with van der Waals surface area (Å²) in [4.78, 5) is 4.13. The number of thioether (sulfide) groups is 1. The average Bonchev–Trinajstić information content (AvgIpc) is 2.05. The van der Waals surface area contributed by atoms with Crippen LogP contribution >= 0.6 is 11.8 Å². The fraction of sp³-hybridized carbons (Fsp3) is 0.444. The first-order chi connectivity index (χ1) is 5.35. The second-order valence-electron chi connectivity index (χ2n) is 2.05. The molecule has 0 aliphatic rings. The smallest absolute Gasteiger partial charge is 0.0353 e. The van der Waals surface area contributed by atoms with E-state index in [0.29, 0.717) is 0 Å². The first-order valence-corrected chi connectivity index (χ1v) is 4.98. The van der Waals surface area contributed by atoms with Gasteiger partial charge in [0, 0.05) is 12.8 Å². The number of aliphatic imine (C=N–C) groups is 1. The fourth-order valence-electron chi connectivity index (χ4n) is 0.655. The van der Waals surface area contributed by atoms with E-state index in [1.807, 2.05) is 31.0 Å². The van der Waals surface area contributed by atoms with Gasteiger partial charge in [0.2, 0.25) is 0 Å². The molecule has 62 valence electrons. The van der Waals surface area contributed by atoms with Crippen molar-refractivity contribution in [2.75, 3.05) is 19.1 Å². The molecule has 0 aliphatic heterocycles. The highest BCUT2D eigenvalue weighted by Crippen LogP contribution is 1.98. The van der Waals surface area contributed by atoms with E-state index in [9.17, 15) is 0 Å². The van der Waals surface area contributed by atoms with Gasteiger partial charge in [0.1, 0.15) is 0 Å². The maximum absolute atomic E-state index is 4.13. The number of hydrogen-bond donors (Lipinski definition) is 0. The van der Waals surface area contributed by atoms with Crippen LogP contribution in [0.2, 0.25) is 0 Å². The lowest BCUT2D eigenvalue weighted by molar-refractivity contribution is 1.28. The maximum atomic E-state index is 4.13. The molecule has 0 atom stereocenters. The highest BCUT2D eigenvalue weighted by Gasteiger charge is 1.90. The molecule has 0 unspecified atom stereocenters. The van der Waals surface area contributed by atoms with Crippen LogP contribution in [0.25, 0.3) is 0 Å². The van der Waals surface area contributed by atoms with Gasteiger partial charge in [0.25, 0.3) is 0 Å². The third-order valence-electron chi connectivity index (χ3n) is 1.27. The standard InChI is InChI=1S/C9H15NS/c1-4-5-6-9(10-2)7-8-11-3/h4-6H,1,7-8H2,2-3H3. The summed E-state index contributed by atoms with van der Waals surface area (Å²) in [6.07, 6.45) is 8.84. The topological polar surface area (TPSA) is 12.4 Å². The highest BCUT2D eigenvalue weighted by atomic mass is 32.2. The molecule has 0 saturated carbocycles. The summed E-state index contributed by atoms with van der Waals surface area (Å²) >= 11 is 1.84. The molecular weight excluding hydrogens is 154 g/mol. The molecule has 0 aromatic heterocycles. The van der Waals surface area contributed by atoms with Crippen LogP contribution in [-0.4, -0.2) is 24.8 Å². The van der Waals surface area contributed by atoms with Crippen LogP contribution in [-0.2, 0) is 0 Å². The summed E-state index contributed by atoms with van der Waals surface area (Å²) in [5, 5.41) is 0. The van der Waals surface area contributed by atoms with E-state index in [1.54, 1.807) is 6.08 Å². The zero-order valence-electron chi connectivity index (χ0n) is 7.21. The SMILES string of the molecule is C=CC=CC(CCSC)=NC. The predicted octanol–water partition coefficient (Wildman–Crippen LogP) is 2.55. The minimum atomic E-state index is 1.04. The van der Waals surface area contributed by atoms with Crippen molar-refractivity contribution in [3.8, 4) is 0 Å². The third kappa shape index (κ3) is 5.92. The fourth-order valence-corrected chi connectivity index (χ4v) is 1.07. The summed E-state index contributed by atoms with van der Waals surface area (Å²) in [5.41, 5.74) is 1.14. The number of nitrogens with zero attached hydrogens (tertiary/aromatic N) is 1. The van der Waals surface area contributed by atoms with Crippen LogP contribution in [0.15, 0.2) is 29.8 Å². The van der Waals surface area contributed by atoms with Crippen LogP contribution < -0.4 is 0 Å². The predicted molar refractivity (Wildman–Crippen MR) is 55.7 cm³/mol. The first kappa shape index (κ1) is 10.5. The van der Waals surface area contributed by atoms with E-state index in [4.69, 9.17) is 0 Å². The molecule has 0 aromatic rings. The molecule has 0 N–H and O–H groups in total. The lowest BCUT2D eigenvalue weighted by Gasteiger charge is -1.96. The Bertz CT molecular complexity index is 159. The minimum absolute atomic E-state index is 1.04. The molecule has 0 heterocycles. The molecule has 0 saturated heterocycles. The van der Waals surface area contributed by atoms with Crippen molar-refractivity contribution in [3.05, 3.63) is 24.8 Å². The zero-order chi connectivity index (χ0) is 8.53. The van der Waals surface area contributed by atoms with Crippen molar-refractivity contribution < 1.29 is 0 Å². The summed E-state index contributed by atoms with van der Waals surface area (Å²) in [7, 11) is 1.82. The van der Waals surface area contributed by atoms with Gasteiger partial charge in [-0.3, -0.25) is 4.99 Å². The molecule has 0 aliphatic carbocycles. The number of rotatable bonds is 5. The van der Waals surface area contributed by atoms with Crippen molar-refractivity contribution in [2.24, 2.45) is 4.99 Å². The number of allylic oxidation sites excluding steroid dienone is 3. The van der Waals surface area contributed by atoms with Gasteiger partial charge < -0.3 is 0 Å². The largest absolute Gasteiger partial charge is 0.293 e. The van der Waals surface area contributed by atoms with E-state index < -0.39 is 0 Å². The third-order valence-corrected chi connectivity index (χ3v) is 1.89. The first-order valence-electron chi connectivity index (χ1n) is 3.58. The van der Waals surface area contributed by atoms with Gasteiger partial charge in [-0.15, -0.1) is 0 Å². The van der Waals surface area contributed by atoms with E-state index >= 15 is 0 Å². The average molecular weight is 169 g/mol. The van der Waals surface area contributed by atoms with Crippen molar-refractivity contribution in [1.82, 2.24) is 0 Å². The Morgan fingerprint density at radius 2 is 2.36 bits per heavy atom. The van der Waals surface area contributed by atoms with Gasteiger partial charge in [-0.05, 0) is 24.5 Å². The summed E-state index contributed by atoms with van der Waals surface area (Å²) < 4.78 is 0. The second kappa shape index (κ2) is 7.61. The molecule has 0 amide bonds. The Morgan fingerprint density at radius 1 is 1.64 bits per heavy atom. The van der Waals surface area contributed by atoms with Gasteiger partial charge in [0.05, 0.1) is 0 Å². The van der Waals surface area contributed by atoms with Crippen LogP contribution in [0.3, 0.4) is 0 Å². The summed E-state index contributed by atoms with van der Waals surface area (Å²) in [6, 6.07) is 0.